The summed E-state index contributed by atoms with van der Waals surface area (Å²) in [5.74, 6) is -0.149. The fourth-order valence-corrected chi connectivity index (χ4v) is 4.36. The first-order chi connectivity index (χ1) is 18.7. The van der Waals surface area contributed by atoms with Gasteiger partial charge in [0.1, 0.15) is 6.10 Å². The molecular weight excluding hydrogens is 474 g/mol. The average molecular weight is 508 g/mol. The van der Waals surface area contributed by atoms with Crippen LogP contribution in [0.25, 0.3) is 11.1 Å². The van der Waals surface area contributed by atoms with Gasteiger partial charge in [0, 0.05) is 37.0 Å². The molecule has 194 valence electrons. The number of carbonyl (C=O) groups is 2. The predicted octanol–water partition coefficient (Wildman–Crippen LogP) is 6.49. The minimum atomic E-state index is -0.470. The summed E-state index contributed by atoms with van der Waals surface area (Å²) in [7, 11) is 0. The third-order valence-electron chi connectivity index (χ3n) is 6.27. The van der Waals surface area contributed by atoms with Crippen molar-refractivity contribution in [3.05, 3.63) is 126 Å². The summed E-state index contributed by atoms with van der Waals surface area (Å²) in [6.07, 6.45) is 3.28. The van der Waals surface area contributed by atoms with Crippen LogP contribution in [0.15, 0.2) is 103 Å². The van der Waals surface area contributed by atoms with Crippen LogP contribution < -0.4 is 10.6 Å². The van der Waals surface area contributed by atoms with E-state index in [1.54, 1.807) is 6.20 Å². The van der Waals surface area contributed by atoms with E-state index in [1.807, 2.05) is 97.1 Å². The van der Waals surface area contributed by atoms with Crippen molar-refractivity contribution in [3.63, 3.8) is 0 Å². The lowest BCUT2D eigenvalue weighted by Gasteiger charge is -2.19. The van der Waals surface area contributed by atoms with Crippen LogP contribution in [-0.2, 0) is 17.7 Å². The minimum absolute atomic E-state index is 0.149. The van der Waals surface area contributed by atoms with Crippen molar-refractivity contribution in [1.29, 1.82) is 0 Å². The number of alkyl carbamates (subject to hydrolysis) is 1. The van der Waals surface area contributed by atoms with E-state index in [4.69, 9.17) is 4.74 Å². The first kappa shape index (κ1) is 26.6. The molecule has 38 heavy (non-hydrogen) atoms. The molecule has 2 N–H and O–H groups in total. The monoisotopic (exact) mass is 507 g/mol. The lowest BCUT2D eigenvalue weighted by molar-refractivity contribution is 0.0914. The second kappa shape index (κ2) is 13.7. The van der Waals surface area contributed by atoms with E-state index in [9.17, 15) is 9.59 Å². The van der Waals surface area contributed by atoms with E-state index >= 15 is 0 Å². The van der Waals surface area contributed by atoms with Gasteiger partial charge in [0.15, 0.2) is 0 Å². The summed E-state index contributed by atoms with van der Waals surface area (Å²) in [5, 5.41) is 5.91. The molecule has 1 atom stereocenters. The van der Waals surface area contributed by atoms with Gasteiger partial charge in [-0.2, -0.15) is 0 Å². The fourth-order valence-electron chi connectivity index (χ4n) is 4.36. The number of nitrogens with one attached hydrogen (secondary N) is 2. The van der Waals surface area contributed by atoms with Gasteiger partial charge in [0.25, 0.3) is 5.91 Å². The molecule has 0 saturated heterocycles. The second-order valence-electron chi connectivity index (χ2n) is 8.98. The fraction of sp³-hybridized carbons (Fsp3) is 0.219. The van der Waals surface area contributed by atoms with E-state index in [0.717, 1.165) is 40.8 Å². The van der Waals surface area contributed by atoms with Crippen LogP contribution >= 0.6 is 0 Å². The highest BCUT2D eigenvalue weighted by Gasteiger charge is 2.18. The topological polar surface area (TPSA) is 80.3 Å². The highest BCUT2D eigenvalue weighted by molar-refractivity contribution is 6.01. The molecule has 4 rings (SSSR count). The Labute approximate surface area is 224 Å². The highest BCUT2D eigenvalue weighted by Crippen LogP contribution is 2.28. The summed E-state index contributed by atoms with van der Waals surface area (Å²) >= 11 is 0. The molecule has 0 aliphatic carbocycles. The Morgan fingerprint density at radius 3 is 2.29 bits per heavy atom. The highest BCUT2D eigenvalue weighted by atomic mass is 16.6. The van der Waals surface area contributed by atoms with Crippen molar-refractivity contribution in [3.8, 4) is 11.1 Å². The maximum absolute atomic E-state index is 13.1. The number of carbonyl (C=O) groups excluding carboxylic acids is 2. The Morgan fingerprint density at radius 1 is 0.816 bits per heavy atom. The van der Waals surface area contributed by atoms with Crippen LogP contribution in [0.4, 0.5) is 4.79 Å². The van der Waals surface area contributed by atoms with Crippen molar-refractivity contribution < 1.29 is 14.3 Å². The van der Waals surface area contributed by atoms with Gasteiger partial charge in [-0.15, -0.1) is 0 Å². The lowest BCUT2D eigenvalue weighted by Crippen LogP contribution is -2.27. The molecule has 0 bridgehead atoms. The number of amides is 2. The summed E-state index contributed by atoms with van der Waals surface area (Å²) in [6, 6.07) is 30.8. The molecule has 4 aromatic rings. The van der Waals surface area contributed by atoms with Crippen LogP contribution in [0, 0.1) is 0 Å². The number of nitrogens with zero attached hydrogens (tertiary/aromatic N) is 1. The molecule has 1 aromatic heterocycles. The van der Waals surface area contributed by atoms with Crippen LogP contribution in [0.2, 0.25) is 0 Å². The molecule has 0 radical (unpaired) electrons. The minimum Gasteiger partial charge on any atom is -0.441 e. The molecule has 2 amide bonds. The van der Waals surface area contributed by atoms with Crippen LogP contribution in [0.1, 0.15) is 53.0 Å². The quantitative estimate of drug-likeness (QED) is 0.243. The average Bonchev–Trinajstić information content (AvgIpc) is 2.97. The summed E-state index contributed by atoms with van der Waals surface area (Å²) < 4.78 is 5.77. The molecule has 0 spiro atoms. The first-order valence-corrected chi connectivity index (χ1v) is 13.0. The van der Waals surface area contributed by atoms with Crippen molar-refractivity contribution >= 4 is 12.0 Å². The number of aromatic nitrogens is 1. The van der Waals surface area contributed by atoms with Gasteiger partial charge < -0.3 is 15.4 Å². The standard InChI is InChI=1S/C32H33N3O3/c1-2-12-30(24-13-4-3-5-14-24)38-32(37)35-23-25-15-6-7-17-27(25)28-18-8-9-19-29(28)31(36)34-22-20-26-16-10-11-21-33-26/h3-11,13-19,21,30H,2,12,20,22-23H2,1H3,(H,34,36)(H,35,37)/t30-/m0/s1. The van der Waals surface area contributed by atoms with Gasteiger partial charge in [0.05, 0.1) is 0 Å². The molecule has 0 aliphatic rings. The second-order valence-corrected chi connectivity index (χ2v) is 8.98. The van der Waals surface area contributed by atoms with E-state index in [-0.39, 0.29) is 18.6 Å². The van der Waals surface area contributed by atoms with Gasteiger partial charge in [-0.1, -0.05) is 92.2 Å². The maximum atomic E-state index is 13.1. The zero-order valence-electron chi connectivity index (χ0n) is 21.6. The van der Waals surface area contributed by atoms with Gasteiger partial charge in [-0.25, -0.2) is 4.79 Å². The number of ether oxygens (including phenoxy) is 1. The summed E-state index contributed by atoms with van der Waals surface area (Å²) in [4.78, 5) is 30.1. The van der Waals surface area contributed by atoms with E-state index in [0.29, 0.717) is 18.5 Å². The normalized spacial score (nSPS) is 11.4. The van der Waals surface area contributed by atoms with Crippen LogP contribution in [0.5, 0.6) is 0 Å². The maximum Gasteiger partial charge on any atom is 0.408 e. The molecule has 0 aliphatic heterocycles. The first-order valence-electron chi connectivity index (χ1n) is 13.0. The summed E-state index contributed by atoms with van der Waals surface area (Å²) in [6.45, 7) is 2.83. The van der Waals surface area contributed by atoms with Crippen LogP contribution in [-0.4, -0.2) is 23.5 Å². The Hall–Kier alpha value is -4.45. The molecule has 0 fully saturated rings. The summed E-state index contributed by atoms with van der Waals surface area (Å²) in [5.41, 5.74) is 5.07. The Balaban J connectivity index is 1.43. The number of hydrogen-bond acceptors (Lipinski definition) is 4. The molecule has 1 heterocycles. The van der Waals surface area contributed by atoms with Gasteiger partial charge in [-0.3, -0.25) is 9.78 Å². The Bertz CT molecular complexity index is 1330. The lowest BCUT2D eigenvalue weighted by atomic mass is 9.95. The SMILES string of the molecule is CCC[C@H](OC(=O)NCc1ccccc1-c1ccccc1C(=O)NCCc1ccccn1)c1ccccc1. The van der Waals surface area contributed by atoms with E-state index in [1.165, 1.54) is 0 Å². The van der Waals surface area contributed by atoms with E-state index < -0.39 is 6.09 Å². The number of benzene rings is 3. The number of pyridine rings is 1. The van der Waals surface area contributed by atoms with Gasteiger partial charge >= 0.3 is 6.09 Å². The Kier molecular flexibility index (Phi) is 9.63. The predicted molar refractivity (Wildman–Crippen MR) is 150 cm³/mol. The molecule has 3 aromatic carbocycles. The number of hydrogen-bond donors (Lipinski definition) is 2. The zero-order chi connectivity index (χ0) is 26.6. The smallest absolute Gasteiger partial charge is 0.408 e. The van der Waals surface area contributed by atoms with Crippen LogP contribution in [0.3, 0.4) is 0 Å². The third-order valence-corrected chi connectivity index (χ3v) is 6.27. The molecular formula is C32H33N3O3. The third kappa shape index (κ3) is 7.29. The largest absolute Gasteiger partial charge is 0.441 e. The Morgan fingerprint density at radius 2 is 1.53 bits per heavy atom. The van der Waals surface area contributed by atoms with Crippen molar-refractivity contribution in [2.24, 2.45) is 0 Å². The van der Waals surface area contributed by atoms with Crippen molar-refractivity contribution in [1.82, 2.24) is 15.6 Å². The van der Waals surface area contributed by atoms with Crippen molar-refractivity contribution in [2.75, 3.05) is 6.54 Å². The van der Waals surface area contributed by atoms with Gasteiger partial charge in [-0.05, 0) is 46.9 Å². The number of rotatable bonds is 11. The van der Waals surface area contributed by atoms with Crippen molar-refractivity contribution in [2.45, 2.75) is 38.8 Å². The zero-order valence-corrected chi connectivity index (χ0v) is 21.6. The molecule has 6 nitrogen and oxygen atoms in total. The van der Waals surface area contributed by atoms with Gasteiger partial charge in [0.2, 0.25) is 0 Å². The molecule has 0 saturated carbocycles. The molecule has 6 heteroatoms. The van der Waals surface area contributed by atoms with E-state index in [2.05, 4.69) is 22.5 Å². The molecule has 0 unspecified atom stereocenters.